The van der Waals surface area contributed by atoms with Gasteiger partial charge in [-0.2, -0.15) is 13.2 Å². The van der Waals surface area contributed by atoms with Gasteiger partial charge in [0.15, 0.2) is 6.61 Å². The Bertz CT molecular complexity index is 959. The van der Waals surface area contributed by atoms with E-state index in [0.29, 0.717) is 21.1 Å². The van der Waals surface area contributed by atoms with E-state index in [-0.39, 0.29) is 23.2 Å². The van der Waals surface area contributed by atoms with E-state index in [2.05, 4.69) is 10.2 Å². The maximum absolute atomic E-state index is 13.0. The SMILES string of the molecule is Cc1ccc2cc(C(=O)N[C@@H]3C4CCN(CC4)C34CC4)sc2c1OCC(F)(F)F. The van der Waals surface area contributed by atoms with Crippen LogP contribution in [0.4, 0.5) is 13.2 Å². The van der Waals surface area contributed by atoms with Crippen LogP contribution in [0.5, 0.6) is 5.75 Å². The highest BCUT2D eigenvalue weighted by Gasteiger charge is 2.60. The molecule has 8 heteroatoms. The number of aryl methyl sites for hydroxylation is 1. The number of benzene rings is 1. The number of hydrogen-bond donors (Lipinski definition) is 1. The lowest BCUT2D eigenvalue weighted by molar-refractivity contribution is -0.153. The van der Waals surface area contributed by atoms with Gasteiger partial charge >= 0.3 is 6.18 Å². The molecule has 3 aliphatic heterocycles. The average Bonchev–Trinajstić information content (AvgIpc) is 3.33. The molecule has 1 saturated carbocycles. The first-order valence-corrected chi connectivity index (χ1v) is 10.9. The summed E-state index contributed by atoms with van der Waals surface area (Å²) in [7, 11) is 0. The molecule has 29 heavy (non-hydrogen) atoms. The molecule has 156 valence electrons. The number of nitrogens with zero attached hydrogens (tertiary/aromatic N) is 1. The lowest BCUT2D eigenvalue weighted by Gasteiger charge is -2.52. The van der Waals surface area contributed by atoms with Crippen molar-refractivity contribution in [1.82, 2.24) is 10.2 Å². The molecule has 2 aromatic rings. The summed E-state index contributed by atoms with van der Waals surface area (Å²) in [6, 6.07) is 5.49. The second-order valence-corrected chi connectivity index (χ2v) is 9.58. The second kappa shape index (κ2) is 6.60. The van der Waals surface area contributed by atoms with Crippen LogP contribution in [0, 0.1) is 12.8 Å². The van der Waals surface area contributed by atoms with Gasteiger partial charge in [-0.3, -0.25) is 9.69 Å². The van der Waals surface area contributed by atoms with Gasteiger partial charge in [-0.05, 0) is 68.6 Å². The highest BCUT2D eigenvalue weighted by Crippen LogP contribution is 2.53. The monoisotopic (exact) mass is 424 g/mol. The number of nitrogens with one attached hydrogen (secondary N) is 1. The Labute approximate surface area is 171 Å². The fraction of sp³-hybridized carbons (Fsp3) is 0.571. The van der Waals surface area contributed by atoms with Crippen LogP contribution >= 0.6 is 11.3 Å². The summed E-state index contributed by atoms with van der Waals surface area (Å²) >= 11 is 1.21. The van der Waals surface area contributed by atoms with Gasteiger partial charge in [0.05, 0.1) is 15.6 Å². The molecular weight excluding hydrogens is 401 g/mol. The van der Waals surface area contributed by atoms with Gasteiger partial charge < -0.3 is 10.1 Å². The Hall–Kier alpha value is -1.80. The molecule has 6 rings (SSSR count). The summed E-state index contributed by atoms with van der Waals surface area (Å²) in [6.07, 6.45) is 0.104. The Kier molecular flexibility index (Phi) is 4.37. The quantitative estimate of drug-likeness (QED) is 0.785. The number of carbonyl (C=O) groups is 1. The van der Waals surface area contributed by atoms with Gasteiger partial charge in [0.25, 0.3) is 5.91 Å². The molecule has 1 aromatic carbocycles. The molecule has 1 N–H and O–H groups in total. The summed E-state index contributed by atoms with van der Waals surface area (Å²) in [4.78, 5) is 16.1. The second-order valence-electron chi connectivity index (χ2n) is 8.52. The fourth-order valence-electron chi connectivity index (χ4n) is 5.15. The number of thiophene rings is 1. The Morgan fingerprint density at radius 3 is 2.69 bits per heavy atom. The number of carbonyl (C=O) groups excluding carboxylic acids is 1. The molecule has 1 amide bonds. The molecule has 0 radical (unpaired) electrons. The predicted molar refractivity (Wildman–Crippen MR) is 106 cm³/mol. The Morgan fingerprint density at radius 1 is 1.31 bits per heavy atom. The zero-order valence-electron chi connectivity index (χ0n) is 16.1. The van der Waals surface area contributed by atoms with Crippen molar-refractivity contribution in [1.29, 1.82) is 0 Å². The van der Waals surface area contributed by atoms with E-state index in [1.807, 2.05) is 6.07 Å². The Morgan fingerprint density at radius 2 is 2.03 bits per heavy atom. The fourth-order valence-corrected chi connectivity index (χ4v) is 6.27. The van der Waals surface area contributed by atoms with Gasteiger partial charge in [-0.15, -0.1) is 11.3 Å². The largest absolute Gasteiger partial charge is 0.482 e. The lowest BCUT2D eigenvalue weighted by Crippen LogP contribution is -2.65. The van der Waals surface area contributed by atoms with Crippen molar-refractivity contribution in [2.75, 3.05) is 19.7 Å². The van der Waals surface area contributed by atoms with E-state index < -0.39 is 12.8 Å². The highest BCUT2D eigenvalue weighted by atomic mass is 32.1. The third-order valence-electron chi connectivity index (χ3n) is 6.71. The van der Waals surface area contributed by atoms with Crippen LogP contribution in [0.3, 0.4) is 0 Å². The number of rotatable bonds is 4. The number of alkyl halides is 3. The van der Waals surface area contributed by atoms with Crippen molar-refractivity contribution < 1.29 is 22.7 Å². The summed E-state index contributed by atoms with van der Waals surface area (Å²) in [6.45, 7) is 2.63. The number of hydrogen-bond acceptors (Lipinski definition) is 4. The molecular formula is C21H23F3N2O2S. The zero-order valence-corrected chi connectivity index (χ0v) is 17.0. The minimum atomic E-state index is -4.40. The smallest absolute Gasteiger partial charge is 0.422 e. The van der Waals surface area contributed by atoms with Gasteiger partial charge in [0.1, 0.15) is 5.75 Å². The standard InChI is InChI=1S/C21H23F3N2O2S/c1-12-2-3-14-10-15(29-17(14)16(12)28-11-21(22,23)24)19(27)25-18-13-4-8-26(9-5-13)20(18)6-7-20/h2-3,10,13,18H,4-9,11H2,1H3,(H,25,27)/t18-/m1/s1. The first-order valence-electron chi connectivity index (χ1n) is 10.1. The van der Waals surface area contributed by atoms with Crippen molar-refractivity contribution in [3.05, 3.63) is 28.6 Å². The van der Waals surface area contributed by atoms with E-state index in [0.717, 1.165) is 44.2 Å². The van der Waals surface area contributed by atoms with Crippen molar-refractivity contribution in [3.63, 3.8) is 0 Å². The number of amides is 1. The Balaban J connectivity index is 1.40. The van der Waals surface area contributed by atoms with Crippen LogP contribution in [-0.4, -0.2) is 48.3 Å². The van der Waals surface area contributed by atoms with E-state index in [9.17, 15) is 18.0 Å². The number of ether oxygens (including phenoxy) is 1. The number of piperidine rings is 3. The summed E-state index contributed by atoms with van der Waals surface area (Å²) in [5.74, 6) is 0.606. The van der Waals surface area contributed by atoms with Crippen LogP contribution < -0.4 is 10.1 Å². The van der Waals surface area contributed by atoms with Crippen molar-refractivity contribution >= 4 is 27.3 Å². The lowest BCUT2D eigenvalue weighted by atomic mass is 9.77. The average molecular weight is 424 g/mol. The normalized spacial score (nSPS) is 27.4. The van der Waals surface area contributed by atoms with E-state index in [1.165, 1.54) is 11.3 Å². The molecule has 4 fully saturated rings. The first-order chi connectivity index (χ1) is 13.8. The molecule has 4 heterocycles. The third kappa shape index (κ3) is 3.30. The molecule has 4 aliphatic rings. The van der Waals surface area contributed by atoms with Crippen LogP contribution in [0.25, 0.3) is 10.1 Å². The highest BCUT2D eigenvalue weighted by molar-refractivity contribution is 7.21. The molecule has 1 aromatic heterocycles. The maximum Gasteiger partial charge on any atom is 0.422 e. The van der Waals surface area contributed by atoms with Crippen molar-refractivity contribution in [3.8, 4) is 5.75 Å². The number of fused-ring (bicyclic) bond motifs is 3. The molecule has 1 spiro atoms. The minimum absolute atomic E-state index is 0.129. The number of halogens is 3. The molecule has 0 unspecified atom stereocenters. The molecule has 2 bridgehead atoms. The van der Waals surface area contributed by atoms with Crippen LogP contribution in [0.2, 0.25) is 0 Å². The van der Waals surface area contributed by atoms with E-state index in [1.54, 1.807) is 19.1 Å². The summed E-state index contributed by atoms with van der Waals surface area (Å²) < 4.78 is 43.6. The minimum Gasteiger partial charge on any atom is -0.482 e. The topological polar surface area (TPSA) is 41.6 Å². The predicted octanol–water partition coefficient (Wildman–Crippen LogP) is 4.51. The van der Waals surface area contributed by atoms with Gasteiger partial charge in [0.2, 0.25) is 0 Å². The maximum atomic E-state index is 13.0. The van der Waals surface area contributed by atoms with E-state index >= 15 is 0 Å². The zero-order chi connectivity index (χ0) is 20.4. The molecule has 4 nitrogen and oxygen atoms in total. The van der Waals surface area contributed by atoms with Crippen LogP contribution in [0.1, 0.15) is 40.9 Å². The molecule has 1 atom stereocenters. The van der Waals surface area contributed by atoms with Crippen LogP contribution in [-0.2, 0) is 0 Å². The summed E-state index contributed by atoms with van der Waals surface area (Å²) in [5.41, 5.74) is 0.773. The van der Waals surface area contributed by atoms with Gasteiger partial charge in [-0.25, -0.2) is 0 Å². The molecule has 1 aliphatic carbocycles. The van der Waals surface area contributed by atoms with Gasteiger partial charge in [-0.1, -0.05) is 12.1 Å². The third-order valence-corrected chi connectivity index (χ3v) is 7.86. The summed E-state index contributed by atoms with van der Waals surface area (Å²) in [5, 5.41) is 4.01. The van der Waals surface area contributed by atoms with Crippen molar-refractivity contribution in [2.45, 2.75) is 50.4 Å². The first kappa shape index (κ1) is 19.2. The van der Waals surface area contributed by atoms with Gasteiger partial charge in [0, 0.05) is 5.54 Å². The molecule has 3 saturated heterocycles. The van der Waals surface area contributed by atoms with E-state index in [4.69, 9.17) is 4.74 Å². The van der Waals surface area contributed by atoms with Crippen molar-refractivity contribution in [2.24, 2.45) is 5.92 Å². The van der Waals surface area contributed by atoms with Crippen LogP contribution in [0.15, 0.2) is 18.2 Å².